The molecule has 0 radical (unpaired) electrons. The molecule has 2 aromatic heterocycles. The molecule has 0 atom stereocenters. The van der Waals surface area contributed by atoms with Gasteiger partial charge in [0.1, 0.15) is 0 Å². The average molecular weight is 463 g/mol. The van der Waals surface area contributed by atoms with E-state index < -0.39 is 0 Å². The van der Waals surface area contributed by atoms with Gasteiger partial charge in [-0.15, -0.1) is 0 Å². The normalized spacial score (nSPS) is 14.3. The summed E-state index contributed by atoms with van der Waals surface area (Å²) in [6.45, 7) is 3.37. The van der Waals surface area contributed by atoms with Gasteiger partial charge in [0.05, 0.1) is 0 Å². The molecule has 4 aromatic rings. The minimum atomic E-state index is 0.112. The molecule has 5 heteroatoms. The highest BCUT2D eigenvalue weighted by Crippen LogP contribution is 2.33. The van der Waals surface area contributed by atoms with Gasteiger partial charge in [-0.2, -0.15) is 0 Å². The predicted octanol–water partition coefficient (Wildman–Crippen LogP) is 4.91. The van der Waals surface area contributed by atoms with E-state index in [0.717, 1.165) is 60.4 Å². The van der Waals surface area contributed by atoms with Gasteiger partial charge in [-0.05, 0) is 65.6 Å². The fourth-order valence-electron chi connectivity index (χ4n) is 4.80. The second-order valence-corrected chi connectivity index (χ2v) is 9.16. The Bertz CT molecular complexity index is 1230. The topological polar surface area (TPSA) is 49.3 Å². The standard InChI is InChI=1S/C30H30N4O/c1-33-15-17-34(18-16-33)30(35)25-9-4-8-23(19-25)28-12-3-2-7-24(28)20-29(26-10-5-13-31-21-26)27-11-6-14-32-22-27/h2-14,19,21-22,29H,15-18,20H2,1H3. The first kappa shape index (κ1) is 22.9. The molecule has 1 aliphatic heterocycles. The van der Waals surface area contributed by atoms with Crippen LogP contribution in [0.2, 0.25) is 0 Å². The number of hydrogen-bond donors (Lipinski definition) is 0. The number of aromatic nitrogens is 2. The third-order valence-electron chi connectivity index (χ3n) is 6.83. The van der Waals surface area contributed by atoms with Gasteiger partial charge >= 0.3 is 0 Å². The van der Waals surface area contributed by atoms with Crippen molar-refractivity contribution in [2.24, 2.45) is 0 Å². The van der Waals surface area contributed by atoms with Crippen LogP contribution in [0.1, 0.15) is 33.0 Å². The van der Waals surface area contributed by atoms with Crippen LogP contribution in [0.3, 0.4) is 0 Å². The summed E-state index contributed by atoms with van der Waals surface area (Å²) in [5.41, 5.74) is 6.52. The monoisotopic (exact) mass is 462 g/mol. The SMILES string of the molecule is CN1CCN(C(=O)c2cccc(-c3ccccc3CC(c3cccnc3)c3cccnc3)c2)CC1. The first-order valence-corrected chi connectivity index (χ1v) is 12.1. The molecule has 0 aliphatic carbocycles. The van der Waals surface area contributed by atoms with E-state index in [-0.39, 0.29) is 11.8 Å². The number of carbonyl (C=O) groups excluding carboxylic acids is 1. The highest BCUT2D eigenvalue weighted by molar-refractivity contribution is 5.95. The molecule has 1 amide bonds. The van der Waals surface area contributed by atoms with Crippen molar-refractivity contribution in [3.8, 4) is 11.1 Å². The van der Waals surface area contributed by atoms with E-state index in [1.807, 2.05) is 47.6 Å². The Kier molecular flexibility index (Phi) is 6.96. The minimum absolute atomic E-state index is 0.112. The minimum Gasteiger partial charge on any atom is -0.336 e. The van der Waals surface area contributed by atoms with Crippen LogP contribution in [-0.4, -0.2) is 58.9 Å². The molecule has 3 heterocycles. The number of carbonyl (C=O) groups is 1. The summed E-state index contributed by atoms with van der Waals surface area (Å²) >= 11 is 0. The first-order valence-electron chi connectivity index (χ1n) is 12.1. The maximum absolute atomic E-state index is 13.2. The molecule has 1 aliphatic rings. The van der Waals surface area contributed by atoms with Crippen LogP contribution in [0, 0.1) is 0 Å². The summed E-state index contributed by atoms with van der Waals surface area (Å²) in [6.07, 6.45) is 8.30. The Morgan fingerprint density at radius 2 is 1.51 bits per heavy atom. The molecule has 5 nitrogen and oxygen atoms in total. The smallest absolute Gasteiger partial charge is 0.253 e. The molecular weight excluding hydrogens is 432 g/mol. The van der Waals surface area contributed by atoms with Crippen molar-refractivity contribution in [3.05, 3.63) is 120 Å². The summed E-state index contributed by atoms with van der Waals surface area (Å²) in [5.74, 6) is 0.245. The van der Waals surface area contributed by atoms with Gasteiger partial charge in [0.25, 0.3) is 5.91 Å². The number of likely N-dealkylation sites (N-methyl/N-ethyl adjacent to an activating group) is 1. The number of rotatable bonds is 6. The molecule has 0 spiro atoms. The van der Waals surface area contributed by atoms with E-state index in [1.54, 1.807) is 12.4 Å². The molecule has 176 valence electrons. The van der Waals surface area contributed by atoms with E-state index in [4.69, 9.17) is 0 Å². The van der Waals surface area contributed by atoms with Gasteiger partial charge in [-0.1, -0.05) is 48.5 Å². The largest absolute Gasteiger partial charge is 0.336 e. The second-order valence-electron chi connectivity index (χ2n) is 9.16. The quantitative estimate of drug-likeness (QED) is 0.409. The van der Waals surface area contributed by atoms with Crippen LogP contribution in [0.5, 0.6) is 0 Å². The van der Waals surface area contributed by atoms with Gasteiger partial charge in [0.15, 0.2) is 0 Å². The zero-order valence-electron chi connectivity index (χ0n) is 20.0. The Balaban J connectivity index is 1.46. The van der Waals surface area contributed by atoms with Crippen molar-refractivity contribution < 1.29 is 4.79 Å². The molecule has 0 saturated carbocycles. The van der Waals surface area contributed by atoms with E-state index in [2.05, 4.69) is 64.4 Å². The number of pyridine rings is 2. The Morgan fingerprint density at radius 3 is 2.17 bits per heavy atom. The fraction of sp³-hybridized carbons (Fsp3) is 0.233. The fourth-order valence-corrected chi connectivity index (χ4v) is 4.80. The van der Waals surface area contributed by atoms with Crippen LogP contribution in [-0.2, 0) is 6.42 Å². The van der Waals surface area contributed by atoms with Crippen LogP contribution in [0.15, 0.2) is 97.6 Å². The van der Waals surface area contributed by atoms with Crippen LogP contribution in [0.4, 0.5) is 0 Å². The number of nitrogens with zero attached hydrogens (tertiary/aromatic N) is 4. The van der Waals surface area contributed by atoms with E-state index in [9.17, 15) is 4.79 Å². The van der Waals surface area contributed by atoms with Gasteiger partial charge < -0.3 is 9.80 Å². The lowest BCUT2D eigenvalue weighted by Gasteiger charge is -2.32. The van der Waals surface area contributed by atoms with Crippen molar-refractivity contribution >= 4 is 5.91 Å². The van der Waals surface area contributed by atoms with E-state index >= 15 is 0 Å². The lowest BCUT2D eigenvalue weighted by molar-refractivity contribution is 0.0664. The zero-order valence-corrected chi connectivity index (χ0v) is 20.0. The maximum Gasteiger partial charge on any atom is 0.253 e. The van der Waals surface area contributed by atoms with E-state index in [0.29, 0.717) is 0 Å². The average Bonchev–Trinajstić information content (AvgIpc) is 2.93. The molecule has 0 N–H and O–H groups in total. The lowest BCUT2D eigenvalue weighted by Crippen LogP contribution is -2.47. The molecule has 35 heavy (non-hydrogen) atoms. The van der Waals surface area contributed by atoms with Gasteiger partial charge in [-0.25, -0.2) is 0 Å². The Hall–Kier alpha value is -3.83. The molecule has 2 aromatic carbocycles. The Morgan fingerprint density at radius 1 is 0.829 bits per heavy atom. The van der Waals surface area contributed by atoms with Gasteiger partial charge in [-0.3, -0.25) is 14.8 Å². The Labute approximate surface area is 207 Å². The molecule has 1 saturated heterocycles. The predicted molar refractivity (Wildman–Crippen MR) is 139 cm³/mol. The van der Waals surface area contributed by atoms with Gasteiger partial charge in [0.2, 0.25) is 0 Å². The van der Waals surface area contributed by atoms with Crippen molar-refractivity contribution in [1.82, 2.24) is 19.8 Å². The molecule has 0 bridgehead atoms. The van der Waals surface area contributed by atoms with Crippen LogP contribution >= 0.6 is 0 Å². The van der Waals surface area contributed by atoms with Crippen molar-refractivity contribution in [1.29, 1.82) is 0 Å². The molecule has 5 rings (SSSR count). The maximum atomic E-state index is 13.2. The first-order chi connectivity index (χ1) is 17.2. The van der Waals surface area contributed by atoms with Crippen LogP contribution < -0.4 is 0 Å². The summed E-state index contributed by atoms with van der Waals surface area (Å²) in [4.78, 5) is 26.2. The molecule has 0 unspecified atom stereocenters. The molecule has 1 fully saturated rings. The number of amides is 1. The lowest BCUT2D eigenvalue weighted by atomic mass is 9.85. The van der Waals surface area contributed by atoms with Crippen molar-refractivity contribution in [2.75, 3.05) is 33.2 Å². The van der Waals surface area contributed by atoms with Gasteiger partial charge in [0, 0.05) is 62.4 Å². The summed E-state index contributed by atoms with van der Waals surface area (Å²) in [5, 5.41) is 0. The highest BCUT2D eigenvalue weighted by Gasteiger charge is 2.22. The zero-order chi connectivity index (χ0) is 24.0. The van der Waals surface area contributed by atoms with Crippen molar-refractivity contribution in [3.63, 3.8) is 0 Å². The third kappa shape index (κ3) is 5.31. The summed E-state index contributed by atoms with van der Waals surface area (Å²) in [6, 6.07) is 24.8. The number of hydrogen-bond acceptors (Lipinski definition) is 4. The number of benzene rings is 2. The van der Waals surface area contributed by atoms with E-state index in [1.165, 1.54) is 5.56 Å². The number of piperazine rings is 1. The van der Waals surface area contributed by atoms with Crippen molar-refractivity contribution in [2.45, 2.75) is 12.3 Å². The third-order valence-corrected chi connectivity index (χ3v) is 6.83. The molecular formula is C30H30N4O. The highest BCUT2D eigenvalue weighted by atomic mass is 16.2. The van der Waals surface area contributed by atoms with Crippen LogP contribution in [0.25, 0.3) is 11.1 Å². The summed E-state index contributed by atoms with van der Waals surface area (Å²) in [7, 11) is 2.10. The second kappa shape index (κ2) is 10.6. The summed E-state index contributed by atoms with van der Waals surface area (Å²) < 4.78 is 0.